The van der Waals surface area contributed by atoms with Gasteiger partial charge in [-0.25, -0.2) is 0 Å². The third-order valence-electron chi connectivity index (χ3n) is 2.79. The van der Waals surface area contributed by atoms with Gasteiger partial charge in [0.1, 0.15) is 0 Å². The van der Waals surface area contributed by atoms with Gasteiger partial charge in [-0.3, -0.25) is 4.98 Å². The van der Waals surface area contributed by atoms with Crippen molar-refractivity contribution in [2.45, 2.75) is 20.0 Å². The van der Waals surface area contributed by atoms with Crippen molar-refractivity contribution in [3.05, 3.63) is 62.8 Å². The van der Waals surface area contributed by atoms with Crippen LogP contribution in [-0.2, 0) is 13.1 Å². The van der Waals surface area contributed by atoms with Gasteiger partial charge < -0.3 is 5.32 Å². The van der Waals surface area contributed by atoms with Crippen LogP contribution in [0, 0.1) is 6.92 Å². The highest BCUT2D eigenvalue weighted by Crippen LogP contribution is 2.21. The molecule has 4 heteroatoms. The van der Waals surface area contributed by atoms with Gasteiger partial charge in [0, 0.05) is 35.0 Å². The highest BCUT2D eigenvalue weighted by molar-refractivity contribution is 9.10. The number of nitrogens with zero attached hydrogens (tertiary/aromatic N) is 1. The lowest BCUT2D eigenvalue weighted by molar-refractivity contribution is 0.687. The molecule has 0 saturated carbocycles. The summed E-state index contributed by atoms with van der Waals surface area (Å²) < 4.78 is 1.07. The van der Waals surface area contributed by atoms with Gasteiger partial charge in [0.15, 0.2) is 0 Å². The highest BCUT2D eigenvalue weighted by Gasteiger charge is 2.02. The molecule has 18 heavy (non-hydrogen) atoms. The van der Waals surface area contributed by atoms with E-state index >= 15 is 0 Å². The fourth-order valence-electron chi connectivity index (χ4n) is 1.69. The Balaban J connectivity index is 1.96. The third kappa shape index (κ3) is 3.55. The summed E-state index contributed by atoms with van der Waals surface area (Å²) in [5, 5.41) is 4.16. The van der Waals surface area contributed by atoms with E-state index in [1.54, 1.807) is 0 Å². The lowest BCUT2D eigenvalue weighted by Gasteiger charge is -2.09. The average molecular weight is 326 g/mol. The van der Waals surface area contributed by atoms with Crippen molar-refractivity contribution < 1.29 is 0 Å². The van der Waals surface area contributed by atoms with Gasteiger partial charge in [-0.05, 0) is 47.9 Å². The van der Waals surface area contributed by atoms with Gasteiger partial charge >= 0.3 is 0 Å². The molecule has 1 heterocycles. The van der Waals surface area contributed by atoms with E-state index in [9.17, 15) is 0 Å². The van der Waals surface area contributed by atoms with Crippen LogP contribution < -0.4 is 5.32 Å². The molecule has 0 aliphatic rings. The van der Waals surface area contributed by atoms with Crippen LogP contribution in [0.1, 0.15) is 16.7 Å². The predicted octanol–water partition coefficient (Wildman–Crippen LogP) is 4.10. The van der Waals surface area contributed by atoms with Crippen LogP contribution in [-0.4, -0.2) is 4.98 Å². The first-order valence-corrected chi connectivity index (χ1v) is 6.88. The molecular weight excluding hydrogens is 312 g/mol. The number of nitrogens with one attached hydrogen (secondary N) is 1. The normalized spacial score (nSPS) is 10.6. The molecule has 1 N–H and O–H groups in total. The maximum absolute atomic E-state index is 5.98. The number of rotatable bonds is 4. The Morgan fingerprint density at radius 3 is 2.78 bits per heavy atom. The fourth-order valence-corrected chi connectivity index (χ4v) is 2.27. The Bertz CT molecular complexity index is 543. The van der Waals surface area contributed by atoms with E-state index in [0.717, 1.165) is 28.1 Å². The number of aromatic nitrogens is 1. The number of hydrogen-bond acceptors (Lipinski definition) is 2. The molecular formula is C14H14BrClN2. The molecule has 0 bridgehead atoms. The van der Waals surface area contributed by atoms with Crippen molar-refractivity contribution in [1.29, 1.82) is 0 Å². The zero-order valence-electron chi connectivity index (χ0n) is 10.1. The molecule has 0 aliphatic heterocycles. The topological polar surface area (TPSA) is 24.9 Å². The smallest absolute Gasteiger partial charge is 0.0410 e. The quantitative estimate of drug-likeness (QED) is 0.915. The summed E-state index contributed by atoms with van der Waals surface area (Å²) >= 11 is 9.50. The SMILES string of the molecule is Cc1ccncc1CNCc1cc(Cl)ccc1Br. The van der Waals surface area contributed by atoms with Gasteiger partial charge in [0.2, 0.25) is 0 Å². The number of pyridine rings is 1. The van der Waals surface area contributed by atoms with Crippen molar-refractivity contribution in [2.75, 3.05) is 0 Å². The molecule has 1 aromatic heterocycles. The first-order chi connectivity index (χ1) is 8.66. The molecule has 2 rings (SSSR count). The first kappa shape index (κ1) is 13.5. The number of benzene rings is 1. The molecule has 0 aliphatic carbocycles. The van der Waals surface area contributed by atoms with Crippen LogP contribution in [0.4, 0.5) is 0 Å². The van der Waals surface area contributed by atoms with Crippen LogP contribution in [0.3, 0.4) is 0 Å². The summed E-state index contributed by atoms with van der Waals surface area (Å²) in [5.74, 6) is 0. The lowest BCUT2D eigenvalue weighted by atomic mass is 10.1. The molecule has 0 radical (unpaired) electrons. The summed E-state index contributed by atoms with van der Waals surface area (Å²) in [6.45, 7) is 3.67. The Hall–Kier alpha value is -0.900. The number of halogens is 2. The molecule has 0 unspecified atom stereocenters. The second-order valence-corrected chi connectivity index (χ2v) is 5.43. The monoisotopic (exact) mass is 324 g/mol. The van der Waals surface area contributed by atoms with Crippen molar-refractivity contribution >= 4 is 27.5 Å². The lowest BCUT2D eigenvalue weighted by Crippen LogP contribution is -2.14. The summed E-state index contributed by atoms with van der Waals surface area (Å²) in [5.41, 5.74) is 3.63. The van der Waals surface area contributed by atoms with Crippen molar-refractivity contribution in [3.8, 4) is 0 Å². The minimum absolute atomic E-state index is 0.757. The zero-order chi connectivity index (χ0) is 13.0. The Kier molecular flexibility index (Phi) is 4.75. The standard InChI is InChI=1S/C14H14BrClN2/c1-10-4-5-17-8-12(10)9-18-7-11-6-13(16)2-3-14(11)15/h2-6,8,18H,7,9H2,1H3. The van der Waals surface area contributed by atoms with E-state index in [2.05, 4.69) is 33.2 Å². The van der Waals surface area contributed by atoms with Crippen LogP contribution in [0.5, 0.6) is 0 Å². The van der Waals surface area contributed by atoms with Crippen LogP contribution in [0.15, 0.2) is 41.1 Å². The third-order valence-corrected chi connectivity index (χ3v) is 3.79. The number of aryl methyl sites for hydroxylation is 1. The molecule has 94 valence electrons. The van der Waals surface area contributed by atoms with E-state index < -0.39 is 0 Å². The van der Waals surface area contributed by atoms with E-state index in [1.807, 2.05) is 36.7 Å². The summed E-state index contributed by atoms with van der Waals surface area (Å²) in [7, 11) is 0. The summed E-state index contributed by atoms with van der Waals surface area (Å²) in [4.78, 5) is 4.13. The molecule has 0 atom stereocenters. The van der Waals surface area contributed by atoms with Gasteiger partial charge in [-0.2, -0.15) is 0 Å². The van der Waals surface area contributed by atoms with Gasteiger partial charge in [-0.15, -0.1) is 0 Å². The maximum Gasteiger partial charge on any atom is 0.0410 e. The molecule has 1 aromatic carbocycles. The van der Waals surface area contributed by atoms with E-state index in [1.165, 1.54) is 11.1 Å². The van der Waals surface area contributed by atoms with Gasteiger partial charge in [0.25, 0.3) is 0 Å². The Morgan fingerprint density at radius 1 is 1.22 bits per heavy atom. The minimum atomic E-state index is 0.757. The molecule has 0 spiro atoms. The first-order valence-electron chi connectivity index (χ1n) is 5.71. The van der Waals surface area contributed by atoms with Gasteiger partial charge in [-0.1, -0.05) is 27.5 Å². The van der Waals surface area contributed by atoms with Crippen LogP contribution in [0.25, 0.3) is 0 Å². The van der Waals surface area contributed by atoms with Crippen molar-refractivity contribution in [2.24, 2.45) is 0 Å². The average Bonchev–Trinajstić information content (AvgIpc) is 2.36. The minimum Gasteiger partial charge on any atom is -0.309 e. The second kappa shape index (κ2) is 6.32. The highest BCUT2D eigenvalue weighted by atomic mass is 79.9. The molecule has 2 aromatic rings. The predicted molar refractivity (Wildman–Crippen MR) is 78.7 cm³/mol. The van der Waals surface area contributed by atoms with E-state index in [0.29, 0.717) is 0 Å². The van der Waals surface area contributed by atoms with Crippen LogP contribution in [0.2, 0.25) is 5.02 Å². The maximum atomic E-state index is 5.98. The molecule has 0 fully saturated rings. The van der Waals surface area contributed by atoms with Gasteiger partial charge in [0.05, 0.1) is 0 Å². The fraction of sp³-hybridized carbons (Fsp3) is 0.214. The van der Waals surface area contributed by atoms with Crippen molar-refractivity contribution in [1.82, 2.24) is 10.3 Å². The Labute approximate surface area is 121 Å². The second-order valence-electron chi connectivity index (χ2n) is 4.14. The number of hydrogen-bond donors (Lipinski definition) is 1. The van der Waals surface area contributed by atoms with E-state index in [-0.39, 0.29) is 0 Å². The van der Waals surface area contributed by atoms with Crippen LogP contribution >= 0.6 is 27.5 Å². The summed E-state index contributed by atoms with van der Waals surface area (Å²) in [6.07, 6.45) is 3.71. The summed E-state index contributed by atoms with van der Waals surface area (Å²) in [6, 6.07) is 7.83. The molecule has 0 saturated heterocycles. The van der Waals surface area contributed by atoms with E-state index in [4.69, 9.17) is 11.6 Å². The largest absolute Gasteiger partial charge is 0.309 e. The van der Waals surface area contributed by atoms with Crippen molar-refractivity contribution in [3.63, 3.8) is 0 Å². The molecule has 2 nitrogen and oxygen atoms in total. The Morgan fingerprint density at radius 2 is 2.00 bits per heavy atom. The zero-order valence-corrected chi connectivity index (χ0v) is 12.4. The molecule has 0 amide bonds.